The van der Waals surface area contributed by atoms with E-state index in [2.05, 4.69) is 9.97 Å². The SMILES string of the molecule is Cc1cc(OCC(=O)O)cc(C)c1S(=O)(=O)n1c(S(=O)Cc2nccc(OCC(F)(F)F)c2C)nc2ccccc21. The van der Waals surface area contributed by atoms with Gasteiger partial charge in [0.2, 0.25) is 5.16 Å². The summed E-state index contributed by atoms with van der Waals surface area (Å²) < 4.78 is 90.8. The fourth-order valence-electron chi connectivity index (χ4n) is 4.20. The van der Waals surface area contributed by atoms with Crippen LogP contribution in [0.3, 0.4) is 0 Å². The van der Waals surface area contributed by atoms with E-state index in [1.54, 1.807) is 18.2 Å². The van der Waals surface area contributed by atoms with Crippen LogP contribution in [0.25, 0.3) is 11.0 Å². The first-order chi connectivity index (χ1) is 19.2. The molecule has 2 aromatic heterocycles. The number of pyridine rings is 1. The molecule has 0 saturated heterocycles. The van der Waals surface area contributed by atoms with Crippen molar-refractivity contribution in [3.8, 4) is 11.5 Å². The van der Waals surface area contributed by atoms with Crippen LogP contribution in [0.5, 0.6) is 11.5 Å². The molecule has 0 fully saturated rings. The summed E-state index contributed by atoms with van der Waals surface area (Å²) >= 11 is 0. The van der Waals surface area contributed by atoms with Gasteiger partial charge < -0.3 is 14.6 Å². The third-order valence-corrected chi connectivity index (χ3v) is 9.25. The van der Waals surface area contributed by atoms with E-state index in [1.165, 1.54) is 51.2 Å². The van der Waals surface area contributed by atoms with Gasteiger partial charge in [0, 0.05) is 11.8 Å². The maximum Gasteiger partial charge on any atom is 0.422 e. The van der Waals surface area contributed by atoms with Crippen LogP contribution in [0.1, 0.15) is 22.4 Å². The second-order valence-electron chi connectivity index (χ2n) is 9.00. The number of hydrogen-bond donors (Lipinski definition) is 1. The molecule has 41 heavy (non-hydrogen) atoms. The van der Waals surface area contributed by atoms with E-state index in [0.29, 0.717) is 0 Å². The lowest BCUT2D eigenvalue weighted by molar-refractivity contribution is -0.153. The minimum atomic E-state index is -4.56. The van der Waals surface area contributed by atoms with Gasteiger partial charge in [-0.3, -0.25) is 9.19 Å². The van der Waals surface area contributed by atoms with E-state index < -0.39 is 46.2 Å². The number of aryl methyl sites for hydroxylation is 2. The van der Waals surface area contributed by atoms with Crippen molar-refractivity contribution in [2.45, 2.75) is 42.8 Å². The Bertz CT molecular complexity index is 1750. The lowest BCUT2D eigenvalue weighted by Gasteiger charge is -2.16. The number of nitrogens with zero attached hydrogens (tertiary/aromatic N) is 3. The van der Waals surface area contributed by atoms with Crippen LogP contribution < -0.4 is 9.47 Å². The molecule has 0 amide bonds. The van der Waals surface area contributed by atoms with Gasteiger partial charge in [-0.2, -0.15) is 13.2 Å². The van der Waals surface area contributed by atoms with Crippen molar-refractivity contribution >= 4 is 37.8 Å². The molecule has 4 aromatic rings. The number of carboxylic acid groups (broad SMARTS) is 1. The van der Waals surface area contributed by atoms with E-state index in [1.807, 2.05) is 0 Å². The third kappa shape index (κ3) is 6.51. The second-order valence-corrected chi connectivity index (χ2v) is 12.1. The van der Waals surface area contributed by atoms with Crippen molar-refractivity contribution in [1.82, 2.24) is 13.9 Å². The molecule has 0 bridgehead atoms. The van der Waals surface area contributed by atoms with Crippen LogP contribution in [0.4, 0.5) is 13.2 Å². The first-order valence-electron chi connectivity index (χ1n) is 11.9. The van der Waals surface area contributed by atoms with E-state index >= 15 is 0 Å². The number of carboxylic acids is 1. The summed E-state index contributed by atoms with van der Waals surface area (Å²) in [7, 11) is -6.55. The molecule has 2 heterocycles. The van der Waals surface area contributed by atoms with E-state index in [9.17, 15) is 30.6 Å². The van der Waals surface area contributed by atoms with Gasteiger partial charge >= 0.3 is 12.1 Å². The number of hydrogen-bond acceptors (Lipinski definition) is 8. The number of para-hydroxylation sites is 2. The largest absolute Gasteiger partial charge is 0.484 e. The van der Waals surface area contributed by atoms with Crippen LogP contribution in [-0.4, -0.2) is 57.0 Å². The lowest BCUT2D eigenvalue weighted by Crippen LogP contribution is -2.20. The van der Waals surface area contributed by atoms with Crippen molar-refractivity contribution in [2.24, 2.45) is 0 Å². The highest BCUT2D eigenvalue weighted by Crippen LogP contribution is 2.32. The zero-order valence-corrected chi connectivity index (χ0v) is 23.6. The fourth-order valence-corrected chi connectivity index (χ4v) is 7.67. The fraction of sp³-hybridized carbons (Fsp3) is 0.269. The van der Waals surface area contributed by atoms with E-state index in [0.717, 1.165) is 3.97 Å². The number of alkyl halides is 3. The van der Waals surface area contributed by atoms with Crippen LogP contribution in [-0.2, 0) is 31.4 Å². The van der Waals surface area contributed by atoms with Crippen molar-refractivity contribution in [3.63, 3.8) is 0 Å². The number of benzene rings is 2. The molecule has 15 heteroatoms. The monoisotopic (exact) mass is 611 g/mol. The Morgan fingerprint density at radius 1 is 1.07 bits per heavy atom. The molecule has 0 saturated carbocycles. The first-order valence-corrected chi connectivity index (χ1v) is 14.7. The van der Waals surface area contributed by atoms with Crippen molar-refractivity contribution in [3.05, 3.63) is 71.0 Å². The Kier molecular flexibility index (Phi) is 8.40. The maximum absolute atomic E-state index is 14.1. The molecular weight excluding hydrogens is 587 g/mol. The van der Waals surface area contributed by atoms with Crippen LogP contribution >= 0.6 is 0 Å². The highest BCUT2D eigenvalue weighted by atomic mass is 32.2. The number of imidazole rings is 1. The highest BCUT2D eigenvalue weighted by molar-refractivity contribution is 7.91. The van der Waals surface area contributed by atoms with Crippen molar-refractivity contribution in [1.29, 1.82) is 0 Å². The Hall–Kier alpha value is -3.98. The summed E-state index contributed by atoms with van der Waals surface area (Å²) in [6.07, 6.45) is -3.35. The smallest absolute Gasteiger partial charge is 0.422 e. The van der Waals surface area contributed by atoms with Crippen molar-refractivity contribution < 1.29 is 45.2 Å². The van der Waals surface area contributed by atoms with Gasteiger partial charge in [-0.05, 0) is 62.2 Å². The normalized spacial score (nSPS) is 12.8. The quantitative estimate of drug-likeness (QED) is 0.278. The summed E-state index contributed by atoms with van der Waals surface area (Å²) in [5.74, 6) is -1.48. The van der Waals surface area contributed by atoms with Crippen LogP contribution in [0.15, 0.2) is 58.7 Å². The molecule has 1 atom stereocenters. The zero-order chi connectivity index (χ0) is 30.1. The molecule has 4 rings (SSSR count). The number of rotatable bonds is 10. The molecule has 10 nitrogen and oxygen atoms in total. The average Bonchev–Trinajstić information content (AvgIpc) is 3.28. The van der Waals surface area contributed by atoms with E-state index in [-0.39, 0.29) is 60.7 Å². The molecule has 0 radical (unpaired) electrons. The Morgan fingerprint density at radius 3 is 2.37 bits per heavy atom. The molecule has 0 aliphatic carbocycles. The molecule has 0 aliphatic rings. The maximum atomic E-state index is 14.1. The predicted molar refractivity (Wildman–Crippen MR) is 142 cm³/mol. The minimum absolute atomic E-state index is 0.0955. The van der Waals surface area contributed by atoms with Crippen molar-refractivity contribution in [2.75, 3.05) is 13.2 Å². The predicted octanol–water partition coefficient (Wildman–Crippen LogP) is 4.31. The van der Waals surface area contributed by atoms with Gasteiger partial charge in [-0.15, -0.1) is 0 Å². The first kappa shape index (κ1) is 30.0. The Balaban J connectivity index is 1.77. The summed E-state index contributed by atoms with van der Waals surface area (Å²) in [5.41, 5.74) is 1.29. The van der Waals surface area contributed by atoms with Gasteiger partial charge in [-0.1, -0.05) is 12.1 Å². The third-order valence-electron chi connectivity index (χ3n) is 5.91. The zero-order valence-electron chi connectivity index (χ0n) is 21.9. The standard InChI is InChI=1S/C26H24F3N3O7S2/c1-15-10-18(38-12-23(33)34)11-16(2)24(15)41(36,37)32-21-7-5-4-6-19(21)31-25(32)40(35)13-20-17(3)22(8-9-30-20)39-14-26(27,28)29/h4-11H,12-14H2,1-3H3,(H,33,34). The second kappa shape index (κ2) is 11.5. The van der Waals surface area contributed by atoms with Gasteiger partial charge in [-0.25, -0.2) is 22.2 Å². The number of fused-ring (bicyclic) bond motifs is 1. The lowest BCUT2D eigenvalue weighted by atomic mass is 10.1. The Morgan fingerprint density at radius 2 is 1.73 bits per heavy atom. The minimum Gasteiger partial charge on any atom is -0.484 e. The highest BCUT2D eigenvalue weighted by Gasteiger charge is 2.31. The average molecular weight is 612 g/mol. The topological polar surface area (TPSA) is 138 Å². The molecule has 1 unspecified atom stereocenters. The number of carbonyl (C=O) groups is 1. The number of aliphatic carboxylic acids is 1. The molecular formula is C26H24F3N3O7S2. The molecule has 1 N–H and O–H groups in total. The van der Waals surface area contributed by atoms with E-state index in [4.69, 9.17) is 14.6 Å². The molecule has 2 aromatic carbocycles. The number of halogens is 3. The summed E-state index contributed by atoms with van der Waals surface area (Å²) in [6.45, 7) is 2.36. The van der Waals surface area contributed by atoms with Crippen LogP contribution in [0.2, 0.25) is 0 Å². The van der Waals surface area contributed by atoms with Gasteiger partial charge in [0.05, 0.1) is 38.2 Å². The van der Waals surface area contributed by atoms with Gasteiger partial charge in [0.1, 0.15) is 11.5 Å². The summed E-state index contributed by atoms with van der Waals surface area (Å²) in [4.78, 5) is 19.2. The summed E-state index contributed by atoms with van der Waals surface area (Å²) in [5, 5.41) is 8.58. The number of ether oxygens (including phenoxy) is 2. The van der Waals surface area contributed by atoms with Gasteiger partial charge in [0.15, 0.2) is 13.2 Å². The van der Waals surface area contributed by atoms with Crippen LogP contribution in [0, 0.1) is 20.8 Å². The molecule has 0 spiro atoms. The number of aromatic nitrogens is 3. The molecule has 0 aliphatic heterocycles. The molecule has 218 valence electrons. The summed E-state index contributed by atoms with van der Waals surface area (Å²) in [6, 6.07) is 10.3. The van der Waals surface area contributed by atoms with Gasteiger partial charge in [0.25, 0.3) is 10.0 Å². The Labute approximate surface area is 235 Å².